The highest BCUT2D eigenvalue weighted by atomic mass is 16.5. The molecule has 6 heteroatoms. The van der Waals surface area contributed by atoms with Gasteiger partial charge in [-0.15, -0.1) is 0 Å². The van der Waals surface area contributed by atoms with E-state index in [0.717, 1.165) is 42.6 Å². The first-order chi connectivity index (χ1) is 11.5. The van der Waals surface area contributed by atoms with Crippen LogP contribution in [-0.4, -0.2) is 30.8 Å². The molecule has 1 aromatic rings. The number of nitrogens with two attached hydrogens (primary N) is 1. The Kier molecular flexibility index (Phi) is 6.46. The van der Waals surface area contributed by atoms with E-state index in [2.05, 4.69) is 5.32 Å². The van der Waals surface area contributed by atoms with Crippen LogP contribution in [0.25, 0.3) is 0 Å². The molecule has 6 nitrogen and oxygen atoms in total. The molecule has 0 saturated heterocycles. The molecule has 3 N–H and O–H groups in total. The number of carbonyl (C=O) groups excluding carboxylic acids is 2. The van der Waals surface area contributed by atoms with Crippen molar-refractivity contribution in [3.8, 4) is 5.75 Å². The summed E-state index contributed by atoms with van der Waals surface area (Å²) in [6, 6.07) is 5.54. The summed E-state index contributed by atoms with van der Waals surface area (Å²) in [5.41, 5.74) is 7.23. The van der Waals surface area contributed by atoms with Crippen molar-refractivity contribution in [1.82, 2.24) is 5.32 Å². The first kappa shape index (κ1) is 18.1. The number of benzene rings is 1. The first-order valence-corrected chi connectivity index (χ1v) is 8.40. The zero-order valence-corrected chi connectivity index (χ0v) is 14.3. The topological polar surface area (TPSA) is 90.7 Å². The number of amides is 2. The van der Waals surface area contributed by atoms with Gasteiger partial charge in [0.15, 0.2) is 0 Å². The maximum absolute atomic E-state index is 11.9. The van der Waals surface area contributed by atoms with Gasteiger partial charge in [0, 0.05) is 6.04 Å². The number of hydrogen-bond donors (Lipinski definition) is 2. The van der Waals surface area contributed by atoms with E-state index in [9.17, 15) is 9.59 Å². The second-order valence-electron chi connectivity index (χ2n) is 6.29. The minimum absolute atomic E-state index is 0.0800. The van der Waals surface area contributed by atoms with Gasteiger partial charge >= 0.3 is 12.0 Å². The highest BCUT2D eigenvalue weighted by molar-refractivity contribution is 5.72. The summed E-state index contributed by atoms with van der Waals surface area (Å²) in [7, 11) is 0. The minimum atomic E-state index is -0.501. The minimum Gasteiger partial charge on any atom is -0.492 e. The van der Waals surface area contributed by atoms with Crippen molar-refractivity contribution in [3.63, 3.8) is 0 Å². The molecule has 0 spiro atoms. The lowest BCUT2D eigenvalue weighted by Gasteiger charge is -2.28. The monoisotopic (exact) mass is 334 g/mol. The maximum atomic E-state index is 11.9. The van der Waals surface area contributed by atoms with E-state index in [0.29, 0.717) is 6.61 Å². The van der Waals surface area contributed by atoms with Gasteiger partial charge in [0.25, 0.3) is 0 Å². The molecule has 0 heterocycles. The van der Waals surface area contributed by atoms with Crippen molar-refractivity contribution in [2.75, 3.05) is 6.61 Å². The van der Waals surface area contributed by atoms with Gasteiger partial charge in [-0.05, 0) is 50.7 Å². The smallest absolute Gasteiger partial charge is 0.312 e. The third kappa shape index (κ3) is 5.44. The quantitative estimate of drug-likeness (QED) is 0.782. The number of hydrogen-bond acceptors (Lipinski definition) is 4. The van der Waals surface area contributed by atoms with Gasteiger partial charge in [-0.3, -0.25) is 4.79 Å². The normalized spacial score (nSPS) is 20.2. The van der Waals surface area contributed by atoms with Crippen LogP contribution in [0.2, 0.25) is 0 Å². The average Bonchev–Trinajstić information content (AvgIpc) is 2.52. The summed E-state index contributed by atoms with van der Waals surface area (Å²) in [5, 5.41) is 2.70. The molecule has 0 radical (unpaired) electrons. The summed E-state index contributed by atoms with van der Waals surface area (Å²) >= 11 is 0. The lowest BCUT2D eigenvalue weighted by Crippen LogP contribution is -2.42. The Morgan fingerprint density at radius 2 is 1.79 bits per heavy atom. The Labute approximate surface area is 142 Å². The Balaban J connectivity index is 1.68. The van der Waals surface area contributed by atoms with Crippen LogP contribution < -0.4 is 15.8 Å². The molecule has 24 heavy (non-hydrogen) atoms. The van der Waals surface area contributed by atoms with Crippen LogP contribution in [0.4, 0.5) is 4.79 Å². The molecule has 0 bridgehead atoms. The van der Waals surface area contributed by atoms with Crippen LogP contribution in [-0.2, 0) is 9.53 Å². The third-order valence-corrected chi connectivity index (χ3v) is 4.28. The van der Waals surface area contributed by atoms with Crippen LogP contribution in [0, 0.1) is 13.8 Å². The van der Waals surface area contributed by atoms with E-state index >= 15 is 0 Å². The largest absolute Gasteiger partial charge is 0.492 e. The van der Waals surface area contributed by atoms with Gasteiger partial charge in [0.2, 0.25) is 0 Å². The number of nitrogens with one attached hydrogen (secondary N) is 1. The molecule has 1 fully saturated rings. The number of ether oxygens (including phenoxy) is 2. The SMILES string of the molecule is Cc1cccc(C)c1OCCC(=O)OC1CCC(NC(N)=O)CC1. The highest BCUT2D eigenvalue weighted by Crippen LogP contribution is 2.23. The molecule has 1 aromatic carbocycles. The summed E-state index contributed by atoms with van der Waals surface area (Å²) in [4.78, 5) is 22.8. The van der Waals surface area contributed by atoms with E-state index in [4.69, 9.17) is 15.2 Å². The van der Waals surface area contributed by atoms with Gasteiger partial charge in [0.1, 0.15) is 11.9 Å². The summed E-state index contributed by atoms with van der Waals surface area (Å²) < 4.78 is 11.2. The van der Waals surface area contributed by atoms with E-state index in [-0.39, 0.29) is 24.5 Å². The van der Waals surface area contributed by atoms with Crippen molar-refractivity contribution in [2.24, 2.45) is 5.73 Å². The number of aryl methyl sites for hydroxylation is 2. The predicted molar refractivity (Wildman–Crippen MR) is 90.9 cm³/mol. The first-order valence-electron chi connectivity index (χ1n) is 8.40. The van der Waals surface area contributed by atoms with Crippen molar-refractivity contribution in [2.45, 2.75) is 58.1 Å². The average molecular weight is 334 g/mol. The van der Waals surface area contributed by atoms with Crippen molar-refractivity contribution in [3.05, 3.63) is 29.3 Å². The van der Waals surface area contributed by atoms with E-state index in [1.165, 1.54) is 0 Å². The molecule has 132 valence electrons. The Hall–Kier alpha value is -2.24. The fourth-order valence-corrected chi connectivity index (χ4v) is 3.03. The fourth-order valence-electron chi connectivity index (χ4n) is 3.03. The van der Waals surface area contributed by atoms with E-state index in [1.807, 2.05) is 32.0 Å². The molecule has 0 aromatic heterocycles. The molecule has 1 saturated carbocycles. The van der Waals surface area contributed by atoms with Gasteiger partial charge < -0.3 is 20.5 Å². The lowest BCUT2D eigenvalue weighted by molar-refractivity contribution is -0.151. The lowest BCUT2D eigenvalue weighted by atomic mass is 9.93. The van der Waals surface area contributed by atoms with Crippen molar-refractivity contribution < 1.29 is 19.1 Å². The molecule has 0 atom stereocenters. The summed E-state index contributed by atoms with van der Waals surface area (Å²) in [6.45, 7) is 4.28. The van der Waals surface area contributed by atoms with E-state index < -0.39 is 6.03 Å². The maximum Gasteiger partial charge on any atom is 0.312 e. The Bertz CT molecular complexity index is 560. The summed E-state index contributed by atoms with van der Waals surface area (Å²) in [6.07, 6.45) is 3.19. The van der Waals surface area contributed by atoms with Gasteiger partial charge in [-0.1, -0.05) is 18.2 Å². The van der Waals surface area contributed by atoms with E-state index in [1.54, 1.807) is 0 Å². The number of carbonyl (C=O) groups is 2. The third-order valence-electron chi connectivity index (χ3n) is 4.28. The Morgan fingerprint density at radius 3 is 2.38 bits per heavy atom. The number of urea groups is 1. The van der Waals surface area contributed by atoms with Crippen LogP contribution in [0.15, 0.2) is 18.2 Å². The van der Waals surface area contributed by atoms with Gasteiger partial charge in [-0.2, -0.15) is 0 Å². The highest BCUT2D eigenvalue weighted by Gasteiger charge is 2.24. The predicted octanol–water partition coefficient (Wildman–Crippen LogP) is 2.60. The molecular formula is C18H26N2O4. The van der Waals surface area contributed by atoms with Crippen LogP contribution in [0.1, 0.15) is 43.2 Å². The number of rotatable bonds is 6. The molecule has 0 aliphatic heterocycles. The number of para-hydroxylation sites is 1. The molecule has 2 rings (SSSR count). The molecule has 1 aliphatic carbocycles. The van der Waals surface area contributed by atoms with Crippen LogP contribution in [0.5, 0.6) is 5.75 Å². The molecular weight excluding hydrogens is 308 g/mol. The second kappa shape index (κ2) is 8.57. The molecule has 1 aliphatic rings. The fraction of sp³-hybridized carbons (Fsp3) is 0.556. The van der Waals surface area contributed by atoms with Gasteiger partial charge in [-0.25, -0.2) is 4.79 Å². The summed E-state index contributed by atoms with van der Waals surface area (Å²) in [5.74, 6) is 0.593. The molecule has 0 unspecified atom stereocenters. The zero-order valence-electron chi connectivity index (χ0n) is 14.3. The van der Waals surface area contributed by atoms with Crippen molar-refractivity contribution >= 4 is 12.0 Å². The zero-order chi connectivity index (χ0) is 17.5. The Morgan fingerprint density at radius 1 is 1.17 bits per heavy atom. The van der Waals surface area contributed by atoms with Crippen molar-refractivity contribution in [1.29, 1.82) is 0 Å². The molecule has 2 amide bonds. The standard InChI is InChI=1S/C18H26N2O4/c1-12-4-3-5-13(2)17(12)23-11-10-16(21)24-15-8-6-14(7-9-15)20-18(19)22/h3-5,14-15H,6-11H2,1-2H3,(H3,19,20,22). The number of primary amides is 1. The number of esters is 1. The van der Waals surface area contributed by atoms with Gasteiger partial charge in [0.05, 0.1) is 13.0 Å². The van der Waals surface area contributed by atoms with Crippen LogP contribution in [0.3, 0.4) is 0 Å². The van der Waals surface area contributed by atoms with Crippen LogP contribution >= 0.6 is 0 Å². The second-order valence-corrected chi connectivity index (χ2v) is 6.29.